The lowest BCUT2D eigenvalue weighted by atomic mass is 9.92. The number of nitrogens with one attached hydrogen (secondary N) is 1. The van der Waals surface area contributed by atoms with Gasteiger partial charge in [-0.25, -0.2) is 0 Å². The Bertz CT molecular complexity index is 365. The fourth-order valence-corrected chi connectivity index (χ4v) is 2.24. The van der Waals surface area contributed by atoms with Gasteiger partial charge in [-0.2, -0.15) is 0 Å². The quantitative estimate of drug-likeness (QED) is 0.850. The van der Waals surface area contributed by atoms with Gasteiger partial charge in [-0.1, -0.05) is 26.0 Å². The summed E-state index contributed by atoms with van der Waals surface area (Å²) in [7, 11) is 1.68. The molecule has 2 rings (SSSR count). The van der Waals surface area contributed by atoms with Crippen molar-refractivity contribution in [3.05, 3.63) is 23.8 Å². The molecular formula is C13H19NO2. The normalized spacial score (nSPS) is 23.4. The fourth-order valence-electron chi connectivity index (χ4n) is 2.24. The zero-order valence-corrected chi connectivity index (χ0v) is 10.1. The Kier molecular flexibility index (Phi) is 3.34. The first-order valence-corrected chi connectivity index (χ1v) is 5.81. The SMILES string of the molecule is CCNC1c2cccc(OC)c2OCC1C. The van der Waals surface area contributed by atoms with E-state index in [2.05, 4.69) is 25.2 Å². The van der Waals surface area contributed by atoms with Crippen LogP contribution in [0.2, 0.25) is 0 Å². The van der Waals surface area contributed by atoms with Crippen LogP contribution in [-0.2, 0) is 0 Å². The Labute approximate surface area is 96.8 Å². The maximum atomic E-state index is 5.77. The van der Waals surface area contributed by atoms with E-state index in [0.717, 1.165) is 24.7 Å². The summed E-state index contributed by atoms with van der Waals surface area (Å²) in [4.78, 5) is 0. The molecule has 0 radical (unpaired) electrons. The molecule has 1 aromatic carbocycles. The van der Waals surface area contributed by atoms with E-state index in [1.54, 1.807) is 7.11 Å². The number of hydrogen-bond acceptors (Lipinski definition) is 3. The molecule has 1 aliphatic heterocycles. The van der Waals surface area contributed by atoms with Crippen molar-refractivity contribution in [1.82, 2.24) is 5.32 Å². The zero-order valence-electron chi connectivity index (χ0n) is 10.1. The minimum absolute atomic E-state index is 0.365. The molecular weight excluding hydrogens is 202 g/mol. The van der Waals surface area contributed by atoms with Gasteiger partial charge in [-0.05, 0) is 12.6 Å². The largest absolute Gasteiger partial charge is 0.493 e. The summed E-state index contributed by atoms with van der Waals surface area (Å²) >= 11 is 0. The Morgan fingerprint density at radius 1 is 1.50 bits per heavy atom. The summed E-state index contributed by atoms with van der Waals surface area (Å²) in [6.45, 7) is 6.04. The van der Waals surface area contributed by atoms with Crippen LogP contribution in [0.1, 0.15) is 25.5 Å². The Morgan fingerprint density at radius 2 is 2.31 bits per heavy atom. The standard InChI is InChI=1S/C13H19NO2/c1-4-14-12-9(2)8-16-13-10(12)6-5-7-11(13)15-3/h5-7,9,12,14H,4,8H2,1-3H3. The van der Waals surface area contributed by atoms with Crippen LogP contribution >= 0.6 is 0 Å². The van der Waals surface area contributed by atoms with Gasteiger partial charge in [-0.15, -0.1) is 0 Å². The molecule has 1 heterocycles. The summed E-state index contributed by atoms with van der Waals surface area (Å²) < 4.78 is 11.1. The molecule has 0 bridgehead atoms. The highest BCUT2D eigenvalue weighted by Crippen LogP contribution is 2.41. The molecule has 88 valence electrons. The van der Waals surface area contributed by atoms with Crippen molar-refractivity contribution >= 4 is 0 Å². The molecule has 0 fully saturated rings. The number of fused-ring (bicyclic) bond motifs is 1. The molecule has 1 N–H and O–H groups in total. The second kappa shape index (κ2) is 4.74. The van der Waals surface area contributed by atoms with Crippen LogP contribution in [0.5, 0.6) is 11.5 Å². The van der Waals surface area contributed by atoms with Crippen LogP contribution in [-0.4, -0.2) is 20.3 Å². The summed E-state index contributed by atoms with van der Waals surface area (Å²) in [5.74, 6) is 2.21. The number of methoxy groups -OCH3 is 1. The van der Waals surface area contributed by atoms with Crippen molar-refractivity contribution in [1.29, 1.82) is 0 Å². The molecule has 0 aromatic heterocycles. The first-order chi connectivity index (χ1) is 7.77. The van der Waals surface area contributed by atoms with Gasteiger partial charge in [0.2, 0.25) is 0 Å². The minimum atomic E-state index is 0.365. The van der Waals surface area contributed by atoms with Gasteiger partial charge in [0.05, 0.1) is 13.7 Å². The molecule has 0 saturated heterocycles. The van der Waals surface area contributed by atoms with Crippen LogP contribution in [0.15, 0.2) is 18.2 Å². The van der Waals surface area contributed by atoms with Gasteiger partial charge in [-0.3, -0.25) is 0 Å². The highest BCUT2D eigenvalue weighted by molar-refractivity contribution is 5.49. The van der Waals surface area contributed by atoms with Gasteiger partial charge in [0, 0.05) is 17.5 Å². The predicted octanol–water partition coefficient (Wildman–Crippen LogP) is 2.37. The van der Waals surface area contributed by atoms with Gasteiger partial charge < -0.3 is 14.8 Å². The van der Waals surface area contributed by atoms with Crippen molar-refractivity contribution < 1.29 is 9.47 Å². The molecule has 3 nitrogen and oxygen atoms in total. The fraction of sp³-hybridized carbons (Fsp3) is 0.538. The van der Waals surface area contributed by atoms with E-state index in [1.165, 1.54) is 5.56 Å². The van der Waals surface area contributed by atoms with Gasteiger partial charge in [0.1, 0.15) is 0 Å². The number of hydrogen-bond donors (Lipinski definition) is 1. The molecule has 2 unspecified atom stereocenters. The molecule has 0 aliphatic carbocycles. The highest BCUT2D eigenvalue weighted by atomic mass is 16.5. The monoisotopic (exact) mass is 221 g/mol. The lowest BCUT2D eigenvalue weighted by Crippen LogP contribution is -2.33. The minimum Gasteiger partial charge on any atom is -0.493 e. The number of ether oxygens (including phenoxy) is 2. The molecule has 0 saturated carbocycles. The van der Waals surface area contributed by atoms with E-state index < -0.39 is 0 Å². The van der Waals surface area contributed by atoms with Crippen LogP contribution < -0.4 is 14.8 Å². The van der Waals surface area contributed by atoms with E-state index in [1.807, 2.05) is 12.1 Å². The summed E-state index contributed by atoms with van der Waals surface area (Å²) in [6, 6.07) is 6.44. The molecule has 16 heavy (non-hydrogen) atoms. The topological polar surface area (TPSA) is 30.5 Å². The average Bonchev–Trinajstić information content (AvgIpc) is 2.32. The third-order valence-electron chi connectivity index (χ3n) is 3.05. The van der Waals surface area contributed by atoms with Crippen LogP contribution in [0.25, 0.3) is 0 Å². The van der Waals surface area contributed by atoms with Crippen molar-refractivity contribution in [2.75, 3.05) is 20.3 Å². The zero-order chi connectivity index (χ0) is 11.5. The van der Waals surface area contributed by atoms with E-state index in [-0.39, 0.29) is 0 Å². The maximum absolute atomic E-state index is 5.77. The average molecular weight is 221 g/mol. The van der Waals surface area contributed by atoms with Gasteiger partial charge in [0.15, 0.2) is 11.5 Å². The van der Waals surface area contributed by atoms with E-state index >= 15 is 0 Å². The molecule has 1 aromatic rings. The smallest absolute Gasteiger partial charge is 0.165 e. The summed E-state index contributed by atoms with van der Waals surface area (Å²) in [6.07, 6.45) is 0. The van der Waals surface area contributed by atoms with Crippen molar-refractivity contribution in [2.45, 2.75) is 19.9 Å². The van der Waals surface area contributed by atoms with Crippen molar-refractivity contribution in [2.24, 2.45) is 5.92 Å². The third-order valence-corrected chi connectivity index (χ3v) is 3.05. The number of para-hydroxylation sites is 1. The molecule has 2 atom stereocenters. The molecule has 3 heteroatoms. The second-order valence-electron chi connectivity index (χ2n) is 4.20. The Balaban J connectivity index is 2.39. The summed E-state index contributed by atoms with van der Waals surface area (Å²) in [5, 5.41) is 3.51. The Morgan fingerprint density at radius 3 is 3.00 bits per heavy atom. The van der Waals surface area contributed by atoms with Crippen molar-refractivity contribution in [3.63, 3.8) is 0 Å². The van der Waals surface area contributed by atoms with E-state index in [0.29, 0.717) is 12.0 Å². The lowest BCUT2D eigenvalue weighted by Gasteiger charge is -2.32. The van der Waals surface area contributed by atoms with Crippen LogP contribution in [0, 0.1) is 5.92 Å². The first kappa shape index (κ1) is 11.3. The van der Waals surface area contributed by atoms with E-state index in [4.69, 9.17) is 9.47 Å². The molecule has 0 spiro atoms. The van der Waals surface area contributed by atoms with E-state index in [9.17, 15) is 0 Å². The predicted molar refractivity (Wildman–Crippen MR) is 64.1 cm³/mol. The second-order valence-corrected chi connectivity index (χ2v) is 4.20. The maximum Gasteiger partial charge on any atom is 0.165 e. The first-order valence-electron chi connectivity index (χ1n) is 5.81. The highest BCUT2D eigenvalue weighted by Gasteiger charge is 2.28. The Hall–Kier alpha value is -1.22. The van der Waals surface area contributed by atoms with Crippen molar-refractivity contribution in [3.8, 4) is 11.5 Å². The van der Waals surface area contributed by atoms with Crippen LogP contribution in [0.4, 0.5) is 0 Å². The van der Waals surface area contributed by atoms with Gasteiger partial charge in [0.25, 0.3) is 0 Å². The van der Waals surface area contributed by atoms with Crippen LogP contribution in [0.3, 0.4) is 0 Å². The lowest BCUT2D eigenvalue weighted by molar-refractivity contribution is 0.182. The van der Waals surface area contributed by atoms with Gasteiger partial charge >= 0.3 is 0 Å². The molecule has 0 amide bonds. The summed E-state index contributed by atoms with van der Waals surface area (Å²) in [5.41, 5.74) is 1.21. The molecule has 1 aliphatic rings. The number of rotatable bonds is 3. The third kappa shape index (κ3) is 1.87. The number of benzene rings is 1.